The van der Waals surface area contributed by atoms with Crippen molar-refractivity contribution in [1.29, 1.82) is 0 Å². The molecule has 2 amide bonds. The van der Waals surface area contributed by atoms with Gasteiger partial charge >= 0.3 is 5.97 Å². The maximum absolute atomic E-state index is 13.9. The second kappa shape index (κ2) is 6.82. The summed E-state index contributed by atoms with van der Waals surface area (Å²) >= 11 is 0. The van der Waals surface area contributed by atoms with E-state index in [0.29, 0.717) is 0 Å². The molecule has 6 rings (SSSR count). The number of likely N-dealkylation sites (N-methyl/N-ethyl adjacent to an activating group) is 1. The van der Waals surface area contributed by atoms with Crippen LogP contribution in [0.25, 0.3) is 0 Å². The zero-order valence-electron chi connectivity index (χ0n) is 18.8. The van der Waals surface area contributed by atoms with Crippen LogP contribution in [0.3, 0.4) is 0 Å². The van der Waals surface area contributed by atoms with Gasteiger partial charge in [0, 0.05) is 26.8 Å². The molecule has 6 aliphatic rings. The number of hydrogen-bond donors (Lipinski definition) is 2. The Morgan fingerprint density at radius 1 is 1.24 bits per heavy atom. The number of carbonyl (C=O) groups excluding carboxylic acids is 4. The lowest BCUT2D eigenvalue weighted by Crippen LogP contribution is -2.73. The highest BCUT2D eigenvalue weighted by Crippen LogP contribution is 2.69. The summed E-state index contributed by atoms with van der Waals surface area (Å²) in [7, 11) is 4.90. The molecule has 1 saturated carbocycles. The highest BCUT2D eigenvalue weighted by molar-refractivity contribution is 9.10. The molecule has 10 nitrogen and oxygen atoms in total. The van der Waals surface area contributed by atoms with E-state index in [1.54, 1.807) is 20.8 Å². The highest BCUT2D eigenvalue weighted by atomic mass is 33.5. The third kappa shape index (κ3) is 2.51. The maximum atomic E-state index is 13.9. The van der Waals surface area contributed by atoms with E-state index in [0.717, 1.165) is 21.6 Å². The zero-order chi connectivity index (χ0) is 24.4. The van der Waals surface area contributed by atoms with Crippen molar-refractivity contribution in [2.24, 2.45) is 5.41 Å². The number of ketones is 1. The molecule has 5 saturated heterocycles. The molecule has 2 spiro atoms. The normalized spacial score (nSPS) is 47.8. The molecule has 0 aromatic carbocycles. The van der Waals surface area contributed by atoms with Crippen LogP contribution in [0.5, 0.6) is 0 Å². The lowest BCUT2D eigenvalue weighted by Gasteiger charge is -2.50. The monoisotopic (exact) mass is 518 g/mol. The number of ether oxygens (including phenoxy) is 2. The Kier molecular flexibility index (Phi) is 4.90. The molecule has 0 radical (unpaired) electrons. The van der Waals surface area contributed by atoms with E-state index in [1.807, 2.05) is 0 Å². The van der Waals surface area contributed by atoms with Crippen LogP contribution in [0, 0.1) is 5.41 Å². The van der Waals surface area contributed by atoms with Crippen molar-refractivity contribution >= 4 is 55.0 Å². The number of Topliss-reactive ketones (excluding diaryl/α,β-unsaturated/α-hetero) is 1. The first kappa shape index (κ1) is 23.7. The van der Waals surface area contributed by atoms with Gasteiger partial charge in [0.2, 0.25) is 4.87 Å². The smallest absolute Gasteiger partial charge is 0.303 e. The number of amides is 2. The molecule has 33 heavy (non-hydrogen) atoms. The van der Waals surface area contributed by atoms with Gasteiger partial charge < -0.3 is 29.5 Å². The summed E-state index contributed by atoms with van der Waals surface area (Å²) in [5, 5.41) is 22.3. The first-order chi connectivity index (χ1) is 15.2. The Hall–Kier alpha value is -0.990. The molecule has 7 atom stereocenters. The van der Waals surface area contributed by atoms with Crippen LogP contribution >= 0.6 is 31.4 Å². The van der Waals surface area contributed by atoms with Gasteiger partial charge in [0.15, 0.2) is 22.4 Å². The van der Waals surface area contributed by atoms with E-state index in [-0.39, 0.29) is 18.6 Å². The van der Waals surface area contributed by atoms with Crippen LogP contribution in [0.1, 0.15) is 40.5 Å². The Labute approximate surface area is 202 Å². The number of carbonyl (C=O) groups is 4. The van der Waals surface area contributed by atoms with Gasteiger partial charge in [-0.2, -0.15) is 0 Å². The number of fused-ring (bicyclic) bond motifs is 4. The minimum absolute atomic E-state index is 0.115. The highest BCUT2D eigenvalue weighted by Gasteiger charge is 2.83. The van der Waals surface area contributed by atoms with Gasteiger partial charge in [-0.25, -0.2) is 0 Å². The van der Waals surface area contributed by atoms with Gasteiger partial charge in [0.1, 0.15) is 5.60 Å². The Morgan fingerprint density at radius 2 is 1.91 bits per heavy atom. The van der Waals surface area contributed by atoms with E-state index in [1.165, 1.54) is 33.6 Å². The number of esters is 1. The van der Waals surface area contributed by atoms with Crippen molar-refractivity contribution in [2.45, 2.75) is 79.7 Å². The lowest BCUT2D eigenvalue weighted by molar-refractivity contribution is -0.189. The van der Waals surface area contributed by atoms with E-state index in [9.17, 15) is 29.4 Å². The van der Waals surface area contributed by atoms with E-state index >= 15 is 0 Å². The first-order valence-corrected chi connectivity index (χ1v) is 14.1. The van der Waals surface area contributed by atoms with Crippen LogP contribution < -0.4 is 0 Å². The molecule has 2 bridgehead atoms. The van der Waals surface area contributed by atoms with Gasteiger partial charge in [-0.15, -0.1) is 0 Å². The molecular weight excluding hydrogens is 492 g/mol. The van der Waals surface area contributed by atoms with E-state index < -0.39 is 69.0 Å². The van der Waals surface area contributed by atoms with Crippen molar-refractivity contribution in [3.8, 4) is 0 Å². The molecule has 5 aliphatic heterocycles. The molecule has 6 fully saturated rings. The maximum Gasteiger partial charge on any atom is 0.303 e. The van der Waals surface area contributed by atoms with Gasteiger partial charge in [0.05, 0.1) is 24.2 Å². The number of aliphatic hydroxyl groups excluding tert-OH is 1. The summed E-state index contributed by atoms with van der Waals surface area (Å²) in [5.41, 5.74) is -4.45. The number of piperazine rings is 1. The SMILES string of the molecule is CC(=O)O[C@H]1[C@]2(O)C[C@]34SSS[C@](CO)(C(=O)N3[C@@H]2C[C@]12OC(C)C(C)(C)C2=O)N(C)C4=O. The van der Waals surface area contributed by atoms with Crippen LogP contribution in [-0.2, 0) is 28.7 Å². The molecule has 0 aromatic heterocycles. The minimum atomic E-state index is -1.89. The molecule has 182 valence electrons. The number of hydrogen-bond acceptors (Lipinski definition) is 11. The quantitative estimate of drug-likeness (QED) is 0.386. The van der Waals surface area contributed by atoms with Crippen LogP contribution in [0.2, 0.25) is 0 Å². The van der Waals surface area contributed by atoms with Crippen molar-refractivity contribution < 1.29 is 38.9 Å². The Bertz CT molecular complexity index is 994. The molecule has 1 unspecified atom stereocenters. The Balaban J connectivity index is 1.69. The fourth-order valence-electron chi connectivity index (χ4n) is 6.10. The van der Waals surface area contributed by atoms with Crippen molar-refractivity contribution in [3.63, 3.8) is 0 Å². The minimum Gasteiger partial charge on any atom is -0.456 e. The third-order valence-electron chi connectivity index (χ3n) is 8.12. The number of aliphatic hydroxyl groups is 2. The average molecular weight is 519 g/mol. The van der Waals surface area contributed by atoms with Gasteiger partial charge in [0.25, 0.3) is 11.8 Å². The summed E-state index contributed by atoms with van der Waals surface area (Å²) in [6, 6.07) is -1.02. The summed E-state index contributed by atoms with van der Waals surface area (Å²) in [6.07, 6.45) is -2.26. The summed E-state index contributed by atoms with van der Waals surface area (Å²) < 4.78 is 11.8. The van der Waals surface area contributed by atoms with Gasteiger partial charge in [-0.3, -0.25) is 19.2 Å². The van der Waals surface area contributed by atoms with Crippen molar-refractivity contribution in [3.05, 3.63) is 0 Å². The molecule has 1 aliphatic carbocycles. The van der Waals surface area contributed by atoms with E-state index in [4.69, 9.17) is 9.47 Å². The first-order valence-electron chi connectivity index (χ1n) is 10.6. The second-order valence-electron chi connectivity index (χ2n) is 10.1. The lowest BCUT2D eigenvalue weighted by atomic mass is 9.76. The molecule has 5 heterocycles. The average Bonchev–Trinajstić information content (AvgIpc) is 3.10. The zero-order valence-corrected chi connectivity index (χ0v) is 21.3. The van der Waals surface area contributed by atoms with Crippen LogP contribution in [0.4, 0.5) is 0 Å². The second-order valence-corrected chi connectivity index (χ2v) is 14.5. The van der Waals surface area contributed by atoms with Gasteiger partial charge in [-0.05, 0) is 38.3 Å². The predicted octanol–water partition coefficient (Wildman–Crippen LogP) is 0.307. The van der Waals surface area contributed by atoms with Gasteiger partial charge in [-0.1, -0.05) is 13.8 Å². The molecule has 2 N–H and O–H groups in total. The summed E-state index contributed by atoms with van der Waals surface area (Å²) in [5.74, 6) is -1.96. The van der Waals surface area contributed by atoms with Crippen molar-refractivity contribution in [1.82, 2.24) is 9.80 Å². The van der Waals surface area contributed by atoms with E-state index in [2.05, 4.69) is 0 Å². The number of nitrogens with zero attached hydrogens (tertiary/aromatic N) is 2. The summed E-state index contributed by atoms with van der Waals surface area (Å²) in [6.45, 7) is 5.80. The standard InChI is InChI=1S/C20H26N2O8S3/c1-9-16(3,4)12(25)18(30-9)6-11-17(28,13(18)29-10(2)24)7-19-14(26)21(5)20(8-23,32-33-31-19)15(27)22(11)19/h9,11,13,23,28H,6-8H2,1-5H3/t9?,11-,13+,17+,18-,19-,20-/m1/s1. The molecule has 0 aromatic rings. The topological polar surface area (TPSA) is 134 Å². The third-order valence-corrected chi connectivity index (χ3v) is 13.2. The predicted molar refractivity (Wildman–Crippen MR) is 121 cm³/mol. The molecular formula is C20H26N2O8S3. The van der Waals surface area contributed by atoms with Crippen LogP contribution in [0.15, 0.2) is 0 Å². The Morgan fingerprint density at radius 3 is 2.45 bits per heavy atom. The number of rotatable bonds is 2. The van der Waals surface area contributed by atoms with Crippen molar-refractivity contribution in [2.75, 3.05) is 13.7 Å². The van der Waals surface area contributed by atoms with Crippen LogP contribution in [-0.4, -0.2) is 96.4 Å². The summed E-state index contributed by atoms with van der Waals surface area (Å²) in [4.78, 5) is 52.8. The largest absolute Gasteiger partial charge is 0.456 e. The fourth-order valence-corrected chi connectivity index (χ4v) is 12.0. The fraction of sp³-hybridized carbons (Fsp3) is 0.800. The molecule has 13 heteroatoms.